The van der Waals surface area contributed by atoms with E-state index in [1.807, 2.05) is 6.92 Å². The van der Waals surface area contributed by atoms with Crippen LogP contribution in [0.15, 0.2) is 6.20 Å². The van der Waals surface area contributed by atoms with Gasteiger partial charge >= 0.3 is 6.18 Å². The molecule has 0 aromatic carbocycles. The fraction of sp³-hybridized carbons (Fsp3) is 0.727. The molecule has 102 valence electrons. The van der Waals surface area contributed by atoms with Gasteiger partial charge in [-0.3, -0.25) is 0 Å². The van der Waals surface area contributed by atoms with Crippen molar-refractivity contribution in [3.8, 4) is 0 Å². The van der Waals surface area contributed by atoms with Gasteiger partial charge in [0.2, 0.25) is 0 Å². The molecule has 7 heteroatoms. The molecule has 2 unspecified atom stereocenters. The SMILES string of the molecule is CCC1CC(O)(c2cnc(C(F)(F)F)s2)CCO1. The summed E-state index contributed by atoms with van der Waals surface area (Å²) in [4.78, 5) is 3.63. The highest BCUT2D eigenvalue weighted by molar-refractivity contribution is 7.11. The second-order valence-corrected chi connectivity index (χ2v) is 5.44. The molecule has 1 aromatic rings. The minimum Gasteiger partial charge on any atom is -0.384 e. The molecule has 2 rings (SSSR count). The first-order chi connectivity index (χ1) is 8.35. The number of aromatic nitrogens is 1. The van der Waals surface area contributed by atoms with Crippen molar-refractivity contribution in [2.45, 2.75) is 44.1 Å². The summed E-state index contributed by atoms with van der Waals surface area (Å²) in [5.41, 5.74) is -1.24. The van der Waals surface area contributed by atoms with Crippen LogP contribution in [0.1, 0.15) is 36.1 Å². The lowest BCUT2D eigenvalue weighted by molar-refractivity contribution is -0.137. The maximum absolute atomic E-state index is 12.5. The van der Waals surface area contributed by atoms with Crippen LogP contribution in [0.2, 0.25) is 0 Å². The molecule has 0 spiro atoms. The van der Waals surface area contributed by atoms with Crippen molar-refractivity contribution >= 4 is 11.3 Å². The monoisotopic (exact) mass is 281 g/mol. The van der Waals surface area contributed by atoms with Crippen molar-refractivity contribution in [2.75, 3.05) is 6.61 Å². The standard InChI is InChI=1S/C11H14F3NO2S/c1-2-7-5-10(16,3-4-17-7)8-6-15-9(18-8)11(12,13)14/h6-7,16H,2-5H2,1H3. The van der Waals surface area contributed by atoms with Crippen LogP contribution in [0.5, 0.6) is 0 Å². The summed E-state index contributed by atoms with van der Waals surface area (Å²) in [5, 5.41) is 9.53. The molecular formula is C11H14F3NO2S. The Morgan fingerprint density at radius 3 is 2.89 bits per heavy atom. The van der Waals surface area contributed by atoms with Gasteiger partial charge in [0.05, 0.1) is 17.6 Å². The summed E-state index contributed by atoms with van der Waals surface area (Å²) in [6.45, 7) is 2.28. The minimum absolute atomic E-state index is 0.111. The second kappa shape index (κ2) is 4.79. The number of rotatable bonds is 2. The van der Waals surface area contributed by atoms with E-state index in [-0.39, 0.29) is 11.0 Å². The first-order valence-electron chi connectivity index (χ1n) is 5.72. The highest BCUT2D eigenvalue weighted by Gasteiger charge is 2.41. The molecule has 1 fully saturated rings. The van der Waals surface area contributed by atoms with Gasteiger partial charge in [-0.1, -0.05) is 6.92 Å². The highest BCUT2D eigenvalue weighted by atomic mass is 32.1. The quantitative estimate of drug-likeness (QED) is 0.906. The van der Waals surface area contributed by atoms with Gasteiger partial charge in [0, 0.05) is 19.0 Å². The Labute approximate surface area is 107 Å². The molecule has 1 saturated heterocycles. The molecule has 18 heavy (non-hydrogen) atoms. The minimum atomic E-state index is -4.45. The van der Waals surface area contributed by atoms with Crippen molar-refractivity contribution in [1.82, 2.24) is 4.98 Å². The van der Waals surface area contributed by atoms with Crippen LogP contribution in [0, 0.1) is 0 Å². The molecule has 0 bridgehead atoms. The average molecular weight is 281 g/mol. The van der Waals surface area contributed by atoms with Crippen molar-refractivity contribution < 1.29 is 23.0 Å². The number of thiazole rings is 1. The zero-order valence-corrected chi connectivity index (χ0v) is 10.6. The number of hydrogen-bond acceptors (Lipinski definition) is 4. The van der Waals surface area contributed by atoms with Crippen molar-refractivity contribution in [3.05, 3.63) is 16.1 Å². The summed E-state index contributed by atoms with van der Waals surface area (Å²) in [6, 6.07) is 0. The van der Waals surface area contributed by atoms with E-state index in [1.165, 1.54) is 0 Å². The zero-order valence-electron chi connectivity index (χ0n) is 9.83. The molecule has 0 radical (unpaired) electrons. The Hall–Kier alpha value is -0.660. The number of alkyl halides is 3. The van der Waals surface area contributed by atoms with E-state index < -0.39 is 16.8 Å². The molecule has 0 saturated carbocycles. The van der Waals surface area contributed by atoms with Gasteiger partial charge in [-0.15, -0.1) is 11.3 Å². The molecule has 3 nitrogen and oxygen atoms in total. The third-order valence-corrected chi connectivity index (χ3v) is 4.33. The third kappa shape index (κ3) is 2.67. The molecule has 1 aliphatic rings. The molecule has 2 atom stereocenters. The van der Waals surface area contributed by atoms with Crippen molar-refractivity contribution in [3.63, 3.8) is 0 Å². The van der Waals surface area contributed by atoms with E-state index >= 15 is 0 Å². The van der Waals surface area contributed by atoms with Crippen LogP contribution in [-0.4, -0.2) is 22.8 Å². The number of nitrogens with zero attached hydrogens (tertiary/aromatic N) is 1. The first-order valence-corrected chi connectivity index (χ1v) is 6.54. The van der Waals surface area contributed by atoms with Crippen LogP contribution < -0.4 is 0 Å². The third-order valence-electron chi connectivity index (χ3n) is 3.10. The maximum Gasteiger partial charge on any atom is 0.443 e. The lowest BCUT2D eigenvalue weighted by Gasteiger charge is -2.35. The largest absolute Gasteiger partial charge is 0.443 e. The summed E-state index contributed by atoms with van der Waals surface area (Å²) < 4.78 is 42.9. The predicted molar refractivity (Wildman–Crippen MR) is 60.3 cm³/mol. The average Bonchev–Trinajstić information content (AvgIpc) is 2.78. The normalized spacial score (nSPS) is 29.5. The maximum atomic E-state index is 12.5. The molecule has 1 N–H and O–H groups in total. The van der Waals surface area contributed by atoms with Gasteiger partial charge in [0.15, 0.2) is 5.01 Å². The molecule has 2 heterocycles. The molecular weight excluding hydrogens is 267 g/mol. The van der Waals surface area contributed by atoms with Crippen LogP contribution in [0.25, 0.3) is 0 Å². The summed E-state index contributed by atoms with van der Waals surface area (Å²) >= 11 is 0.516. The Balaban J connectivity index is 2.22. The van der Waals surface area contributed by atoms with Gasteiger partial charge in [-0.2, -0.15) is 13.2 Å². The number of hydrogen-bond donors (Lipinski definition) is 1. The fourth-order valence-electron chi connectivity index (χ4n) is 2.04. The van der Waals surface area contributed by atoms with Gasteiger partial charge in [0.1, 0.15) is 5.60 Å². The Kier molecular flexibility index (Phi) is 3.66. The second-order valence-electron chi connectivity index (χ2n) is 4.41. The molecule has 0 aliphatic carbocycles. The first kappa shape index (κ1) is 13.8. The smallest absolute Gasteiger partial charge is 0.384 e. The van der Waals surface area contributed by atoms with E-state index in [2.05, 4.69) is 4.98 Å². The van der Waals surface area contributed by atoms with E-state index in [0.717, 1.165) is 12.6 Å². The molecule has 1 aliphatic heterocycles. The highest BCUT2D eigenvalue weighted by Crippen LogP contribution is 2.41. The lowest BCUT2D eigenvalue weighted by atomic mass is 9.88. The number of ether oxygens (including phenoxy) is 1. The van der Waals surface area contributed by atoms with Crippen LogP contribution in [-0.2, 0) is 16.5 Å². The topological polar surface area (TPSA) is 42.4 Å². The van der Waals surface area contributed by atoms with E-state index in [4.69, 9.17) is 4.74 Å². The van der Waals surface area contributed by atoms with Crippen LogP contribution >= 0.6 is 11.3 Å². The Bertz CT molecular complexity index is 421. The van der Waals surface area contributed by atoms with Gasteiger partial charge < -0.3 is 9.84 Å². The molecule has 1 aromatic heterocycles. The predicted octanol–water partition coefficient (Wildman–Crippen LogP) is 2.94. The van der Waals surface area contributed by atoms with Crippen molar-refractivity contribution in [1.29, 1.82) is 0 Å². The molecule has 0 amide bonds. The zero-order chi connectivity index (χ0) is 13.4. The van der Waals surface area contributed by atoms with E-state index in [0.29, 0.717) is 30.8 Å². The van der Waals surface area contributed by atoms with Gasteiger partial charge in [-0.25, -0.2) is 4.98 Å². The van der Waals surface area contributed by atoms with Crippen molar-refractivity contribution in [2.24, 2.45) is 0 Å². The van der Waals surface area contributed by atoms with E-state index in [1.54, 1.807) is 0 Å². The van der Waals surface area contributed by atoms with Crippen LogP contribution in [0.4, 0.5) is 13.2 Å². The van der Waals surface area contributed by atoms with Gasteiger partial charge in [-0.05, 0) is 6.42 Å². The summed E-state index contributed by atoms with van der Waals surface area (Å²) in [7, 11) is 0. The Morgan fingerprint density at radius 2 is 2.33 bits per heavy atom. The number of aliphatic hydroxyl groups is 1. The van der Waals surface area contributed by atoms with Crippen LogP contribution in [0.3, 0.4) is 0 Å². The van der Waals surface area contributed by atoms with Gasteiger partial charge in [0.25, 0.3) is 0 Å². The fourth-order valence-corrected chi connectivity index (χ4v) is 2.95. The lowest BCUT2D eigenvalue weighted by Crippen LogP contribution is -2.37. The Morgan fingerprint density at radius 1 is 1.61 bits per heavy atom. The summed E-state index contributed by atoms with van der Waals surface area (Å²) in [5.74, 6) is 0. The number of halogens is 3. The summed E-state index contributed by atoms with van der Waals surface area (Å²) in [6.07, 6.45) is -2.07. The van der Waals surface area contributed by atoms with E-state index in [9.17, 15) is 18.3 Å².